The Morgan fingerprint density at radius 3 is 1.12 bits per heavy atom. The molecule has 2 heteroatoms. The van der Waals surface area contributed by atoms with Gasteiger partial charge in [-0.15, -0.1) is 0 Å². The van der Waals surface area contributed by atoms with Crippen molar-refractivity contribution in [1.29, 1.82) is 0 Å². The highest BCUT2D eigenvalue weighted by atomic mass is 15.3. The molecule has 0 bridgehead atoms. The molecule has 0 aromatic heterocycles. The zero-order valence-electron chi connectivity index (χ0n) is 11.8. The molecule has 0 unspecified atom stereocenters. The van der Waals surface area contributed by atoms with Crippen molar-refractivity contribution >= 4 is 0 Å². The topological polar surface area (TPSA) is 6.48 Å². The minimum atomic E-state index is 0.361. The molecule has 0 heterocycles. The van der Waals surface area contributed by atoms with Crippen molar-refractivity contribution in [3.8, 4) is 0 Å². The lowest BCUT2D eigenvalue weighted by Gasteiger charge is -2.37. The molecule has 0 spiro atoms. The standard InChI is InChI=1S/C14H31N2/c1-6-10-15(11-7-2)14(5)16(12-8-3)13-9-4/h14H,5-13H2,1-4H3. The summed E-state index contributed by atoms with van der Waals surface area (Å²) in [7, 11) is 0. The summed E-state index contributed by atoms with van der Waals surface area (Å²) in [6, 6.07) is 0. The third-order valence-electron chi connectivity index (χ3n) is 2.89. The van der Waals surface area contributed by atoms with Gasteiger partial charge in [-0.05, 0) is 58.8 Å². The van der Waals surface area contributed by atoms with Crippen molar-refractivity contribution in [2.75, 3.05) is 26.2 Å². The highest BCUT2D eigenvalue weighted by Crippen LogP contribution is 2.09. The lowest BCUT2D eigenvalue weighted by Crippen LogP contribution is -2.48. The fourth-order valence-corrected chi connectivity index (χ4v) is 2.20. The molecule has 0 N–H and O–H groups in total. The van der Waals surface area contributed by atoms with E-state index >= 15 is 0 Å². The molecule has 0 saturated carbocycles. The first-order valence-corrected chi connectivity index (χ1v) is 7.02. The van der Waals surface area contributed by atoms with Crippen LogP contribution in [0.4, 0.5) is 0 Å². The van der Waals surface area contributed by atoms with Crippen molar-refractivity contribution in [3.05, 3.63) is 6.92 Å². The van der Waals surface area contributed by atoms with Crippen LogP contribution in [0.5, 0.6) is 0 Å². The molecular formula is C14H31N2. The fraction of sp³-hybridized carbons (Fsp3) is 0.929. The lowest BCUT2D eigenvalue weighted by molar-refractivity contribution is 0.0725. The van der Waals surface area contributed by atoms with Crippen LogP contribution in [-0.4, -0.2) is 42.1 Å². The molecule has 0 fully saturated rings. The number of hydrogen-bond donors (Lipinski definition) is 0. The Morgan fingerprint density at radius 1 is 0.688 bits per heavy atom. The zero-order chi connectivity index (χ0) is 12.4. The average molecular weight is 227 g/mol. The van der Waals surface area contributed by atoms with E-state index in [0.29, 0.717) is 6.17 Å². The van der Waals surface area contributed by atoms with Gasteiger partial charge in [0, 0.05) is 0 Å². The maximum absolute atomic E-state index is 4.36. The van der Waals surface area contributed by atoms with Crippen LogP contribution in [-0.2, 0) is 0 Å². The molecule has 1 radical (unpaired) electrons. The van der Waals surface area contributed by atoms with E-state index in [-0.39, 0.29) is 0 Å². The van der Waals surface area contributed by atoms with E-state index in [0.717, 1.165) is 0 Å². The summed E-state index contributed by atoms with van der Waals surface area (Å²) in [5.74, 6) is 0. The third-order valence-corrected chi connectivity index (χ3v) is 2.89. The predicted octanol–water partition coefficient (Wildman–Crippen LogP) is 3.39. The first-order valence-electron chi connectivity index (χ1n) is 7.02. The Labute approximate surface area is 103 Å². The first-order chi connectivity index (χ1) is 7.71. The molecule has 97 valence electrons. The number of rotatable bonds is 10. The minimum Gasteiger partial charge on any atom is -0.288 e. The van der Waals surface area contributed by atoms with Crippen LogP contribution in [0.15, 0.2) is 0 Å². The van der Waals surface area contributed by atoms with E-state index in [2.05, 4.69) is 44.4 Å². The predicted molar refractivity (Wildman–Crippen MR) is 73.5 cm³/mol. The van der Waals surface area contributed by atoms with Crippen molar-refractivity contribution in [2.24, 2.45) is 0 Å². The van der Waals surface area contributed by atoms with Crippen LogP contribution in [0.1, 0.15) is 53.4 Å². The van der Waals surface area contributed by atoms with Gasteiger partial charge in [0.25, 0.3) is 0 Å². The van der Waals surface area contributed by atoms with E-state index in [9.17, 15) is 0 Å². The maximum atomic E-state index is 4.36. The van der Waals surface area contributed by atoms with Crippen LogP contribution in [0.25, 0.3) is 0 Å². The molecule has 0 atom stereocenters. The van der Waals surface area contributed by atoms with E-state index < -0.39 is 0 Å². The lowest BCUT2D eigenvalue weighted by atomic mass is 10.2. The van der Waals surface area contributed by atoms with Crippen LogP contribution in [0, 0.1) is 6.92 Å². The third kappa shape index (κ3) is 5.86. The largest absolute Gasteiger partial charge is 0.288 e. The fourth-order valence-electron chi connectivity index (χ4n) is 2.20. The normalized spacial score (nSPS) is 12.0. The molecule has 2 nitrogen and oxygen atoms in total. The summed E-state index contributed by atoms with van der Waals surface area (Å²) in [5.41, 5.74) is 0. The smallest absolute Gasteiger partial charge is 0.0623 e. The molecule has 0 aliphatic carbocycles. The van der Waals surface area contributed by atoms with Crippen molar-refractivity contribution in [3.63, 3.8) is 0 Å². The maximum Gasteiger partial charge on any atom is 0.0623 e. The van der Waals surface area contributed by atoms with Gasteiger partial charge in [0.05, 0.1) is 6.17 Å². The van der Waals surface area contributed by atoms with Crippen molar-refractivity contribution in [2.45, 2.75) is 59.5 Å². The molecule has 16 heavy (non-hydrogen) atoms. The van der Waals surface area contributed by atoms with Gasteiger partial charge in [0.15, 0.2) is 0 Å². The minimum absolute atomic E-state index is 0.361. The van der Waals surface area contributed by atoms with Gasteiger partial charge < -0.3 is 0 Å². The average Bonchev–Trinajstić information content (AvgIpc) is 2.27. The van der Waals surface area contributed by atoms with Gasteiger partial charge in [0.2, 0.25) is 0 Å². The van der Waals surface area contributed by atoms with Crippen molar-refractivity contribution < 1.29 is 0 Å². The number of hydrogen-bond acceptors (Lipinski definition) is 2. The summed E-state index contributed by atoms with van der Waals surface area (Å²) < 4.78 is 0. The Morgan fingerprint density at radius 2 is 0.938 bits per heavy atom. The molecule has 0 aromatic rings. The van der Waals surface area contributed by atoms with Gasteiger partial charge >= 0.3 is 0 Å². The second kappa shape index (κ2) is 10.1. The Hall–Kier alpha value is -0.0800. The van der Waals surface area contributed by atoms with Crippen LogP contribution in [0.3, 0.4) is 0 Å². The summed E-state index contributed by atoms with van der Waals surface area (Å²) in [5, 5.41) is 0. The van der Waals surface area contributed by atoms with Gasteiger partial charge in [-0.25, -0.2) is 0 Å². The van der Waals surface area contributed by atoms with Gasteiger partial charge in [0.1, 0.15) is 0 Å². The molecule has 0 amide bonds. The SMILES string of the molecule is [CH2]C(N(CCC)CCC)N(CCC)CCC. The summed E-state index contributed by atoms with van der Waals surface area (Å²) >= 11 is 0. The van der Waals surface area contributed by atoms with Gasteiger partial charge in [-0.3, -0.25) is 9.80 Å². The molecule has 0 saturated heterocycles. The van der Waals surface area contributed by atoms with E-state index in [1.54, 1.807) is 0 Å². The second-order valence-electron chi connectivity index (χ2n) is 4.55. The Kier molecular flexibility index (Phi) is 10.0. The van der Waals surface area contributed by atoms with Crippen LogP contribution >= 0.6 is 0 Å². The van der Waals surface area contributed by atoms with E-state index in [1.807, 2.05) is 0 Å². The van der Waals surface area contributed by atoms with E-state index in [4.69, 9.17) is 0 Å². The van der Waals surface area contributed by atoms with Gasteiger partial charge in [-0.1, -0.05) is 27.7 Å². The Bertz CT molecular complexity index is 120. The number of nitrogens with zero attached hydrogens (tertiary/aromatic N) is 2. The summed E-state index contributed by atoms with van der Waals surface area (Å²) in [6.45, 7) is 18.1. The monoisotopic (exact) mass is 227 g/mol. The van der Waals surface area contributed by atoms with Crippen LogP contribution < -0.4 is 0 Å². The molecule has 0 aliphatic heterocycles. The zero-order valence-corrected chi connectivity index (χ0v) is 11.8. The van der Waals surface area contributed by atoms with E-state index in [1.165, 1.54) is 51.9 Å². The first kappa shape index (κ1) is 15.9. The summed E-state index contributed by atoms with van der Waals surface area (Å²) in [4.78, 5) is 5.04. The second-order valence-corrected chi connectivity index (χ2v) is 4.55. The van der Waals surface area contributed by atoms with Gasteiger partial charge in [-0.2, -0.15) is 0 Å². The highest BCUT2D eigenvalue weighted by Gasteiger charge is 2.18. The summed E-state index contributed by atoms with van der Waals surface area (Å²) in [6.07, 6.45) is 5.24. The molecule has 0 aromatic carbocycles. The van der Waals surface area contributed by atoms with Crippen molar-refractivity contribution in [1.82, 2.24) is 9.80 Å². The quantitative estimate of drug-likeness (QED) is 0.528. The molecular weight excluding hydrogens is 196 g/mol. The molecule has 0 aliphatic rings. The van der Waals surface area contributed by atoms with Crippen LogP contribution in [0.2, 0.25) is 0 Å². The molecule has 0 rings (SSSR count). The Balaban J connectivity index is 4.31. The highest BCUT2D eigenvalue weighted by molar-refractivity contribution is 4.75.